The van der Waals surface area contributed by atoms with Crippen LogP contribution in [0.4, 0.5) is 5.13 Å². The van der Waals surface area contributed by atoms with Gasteiger partial charge in [0.05, 0.1) is 0 Å². The third kappa shape index (κ3) is 4.92. The summed E-state index contributed by atoms with van der Waals surface area (Å²) in [6.45, 7) is 10.9. The molecule has 1 heterocycles. The van der Waals surface area contributed by atoms with Crippen molar-refractivity contribution >= 4 is 16.7 Å². The molecular weight excluding hydrogens is 242 g/mol. The van der Waals surface area contributed by atoms with Crippen LogP contribution < -0.4 is 5.32 Å². The molecule has 1 aromatic heterocycles. The lowest BCUT2D eigenvalue weighted by molar-refractivity contribution is 0.549. The summed E-state index contributed by atoms with van der Waals surface area (Å²) in [6, 6.07) is 0.552. The first-order valence-electron chi connectivity index (χ1n) is 7.08. The van der Waals surface area contributed by atoms with Gasteiger partial charge in [0.25, 0.3) is 0 Å². The Kier molecular flexibility index (Phi) is 6.06. The van der Waals surface area contributed by atoms with Crippen LogP contribution in [0.25, 0.3) is 0 Å². The minimum Gasteiger partial charge on any atom is -0.358 e. The molecule has 0 aliphatic rings. The lowest BCUT2D eigenvalue weighted by atomic mass is 9.96. The summed E-state index contributed by atoms with van der Waals surface area (Å²) in [7, 11) is 0. The van der Waals surface area contributed by atoms with Crippen LogP contribution >= 0.6 is 11.5 Å². The molecular formula is C14H27N3S. The molecule has 1 aromatic rings. The number of hydrogen-bond acceptors (Lipinski definition) is 4. The van der Waals surface area contributed by atoms with E-state index in [2.05, 4.69) is 49.3 Å². The van der Waals surface area contributed by atoms with Crippen molar-refractivity contribution in [1.82, 2.24) is 9.36 Å². The summed E-state index contributed by atoms with van der Waals surface area (Å²) < 4.78 is 4.45. The molecule has 18 heavy (non-hydrogen) atoms. The number of aromatic nitrogens is 2. The summed E-state index contributed by atoms with van der Waals surface area (Å²) in [5.41, 5.74) is 0.0418. The van der Waals surface area contributed by atoms with Gasteiger partial charge in [-0.2, -0.15) is 4.37 Å². The number of nitrogens with zero attached hydrogens (tertiary/aromatic N) is 2. The molecule has 0 radical (unpaired) electrons. The van der Waals surface area contributed by atoms with Gasteiger partial charge in [-0.15, -0.1) is 0 Å². The summed E-state index contributed by atoms with van der Waals surface area (Å²) in [5, 5.41) is 4.53. The minimum absolute atomic E-state index is 0.0418. The van der Waals surface area contributed by atoms with Gasteiger partial charge in [0.15, 0.2) is 0 Å². The molecule has 0 spiro atoms. The second-order valence-electron chi connectivity index (χ2n) is 5.95. The van der Waals surface area contributed by atoms with E-state index in [-0.39, 0.29) is 5.41 Å². The van der Waals surface area contributed by atoms with Crippen molar-refractivity contribution in [3.63, 3.8) is 0 Å². The van der Waals surface area contributed by atoms with Crippen molar-refractivity contribution in [3.05, 3.63) is 5.82 Å². The molecule has 0 aliphatic carbocycles. The van der Waals surface area contributed by atoms with E-state index in [0.717, 1.165) is 11.0 Å². The number of hydrogen-bond donors (Lipinski definition) is 1. The molecule has 0 fully saturated rings. The zero-order valence-corrected chi connectivity index (χ0v) is 13.2. The maximum Gasteiger partial charge on any atom is 0.202 e. The van der Waals surface area contributed by atoms with Crippen LogP contribution in [0.15, 0.2) is 0 Å². The lowest BCUT2D eigenvalue weighted by Crippen LogP contribution is -2.19. The van der Waals surface area contributed by atoms with Crippen LogP contribution in [-0.2, 0) is 5.41 Å². The largest absolute Gasteiger partial charge is 0.358 e. The Balaban J connectivity index is 2.60. The molecule has 4 heteroatoms. The van der Waals surface area contributed by atoms with Gasteiger partial charge in [0.2, 0.25) is 5.13 Å². The fraction of sp³-hybridized carbons (Fsp3) is 0.857. The third-order valence-electron chi connectivity index (χ3n) is 2.97. The van der Waals surface area contributed by atoms with E-state index in [9.17, 15) is 0 Å². The van der Waals surface area contributed by atoms with Gasteiger partial charge in [0.1, 0.15) is 5.82 Å². The Hall–Kier alpha value is -0.640. The molecule has 1 unspecified atom stereocenters. The van der Waals surface area contributed by atoms with E-state index < -0.39 is 0 Å². The first-order valence-corrected chi connectivity index (χ1v) is 7.85. The van der Waals surface area contributed by atoms with Gasteiger partial charge in [-0.3, -0.25) is 0 Å². The predicted molar refractivity (Wildman–Crippen MR) is 80.5 cm³/mol. The first kappa shape index (κ1) is 15.4. The van der Waals surface area contributed by atoms with Crippen LogP contribution in [0.2, 0.25) is 0 Å². The third-order valence-corrected chi connectivity index (χ3v) is 3.61. The van der Waals surface area contributed by atoms with Crippen molar-refractivity contribution in [2.75, 3.05) is 5.32 Å². The highest BCUT2D eigenvalue weighted by atomic mass is 32.1. The minimum atomic E-state index is 0.0418. The highest BCUT2D eigenvalue weighted by Crippen LogP contribution is 2.24. The normalized spacial score (nSPS) is 13.6. The highest BCUT2D eigenvalue weighted by molar-refractivity contribution is 7.09. The molecule has 1 rings (SSSR count). The maximum absolute atomic E-state index is 4.61. The monoisotopic (exact) mass is 269 g/mol. The summed E-state index contributed by atoms with van der Waals surface area (Å²) >= 11 is 1.49. The van der Waals surface area contributed by atoms with Gasteiger partial charge >= 0.3 is 0 Å². The molecule has 0 bridgehead atoms. The number of rotatable bonds is 7. The second kappa shape index (κ2) is 7.07. The van der Waals surface area contributed by atoms with Crippen molar-refractivity contribution < 1.29 is 0 Å². The summed E-state index contributed by atoms with van der Waals surface area (Å²) in [4.78, 5) is 4.61. The molecule has 1 N–H and O–H groups in total. The van der Waals surface area contributed by atoms with E-state index in [1.165, 1.54) is 43.6 Å². The van der Waals surface area contributed by atoms with Crippen molar-refractivity contribution in [1.29, 1.82) is 0 Å². The smallest absolute Gasteiger partial charge is 0.202 e. The maximum atomic E-state index is 4.61. The second-order valence-corrected chi connectivity index (χ2v) is 6.70. The standard InChI is InChI=1S/C14H27N3S/c1-6-8-10-11(9-7-2)15-13-16-12(17-18-13)14(3,4)5/h11H,6-10H2,1-5H3,(H,15,16,17). The predicted octanol–water partition coefficient (Wildman–Crippen LogP) is 4.61. The van der Waals surface area contributed by atoms with Crippen LogP contribution in [0.5, 0.6) is 0 Å². The van der Waals surface area contributed by atoms with Crippen molar-refractivity contribution in [2.24, 2.45) is 0 Å². The van der Waals surface area contributed by atoms with Crippen LogP contribution in [-0.4, -0.2) is 15.4 Å². The fourth-order valence-corrected chi connectivity index (χ4v) is 2.68. The Morgan fingerprint density at radius 3 is 2.39 bits per heavy atom. The number of anilines is 1. The van der Waals surface area contributed by atoms with Gasteiger partial charge in [-0.05, 0) is 12.8 Å². The topological polar surface area (TPSA) is 37.8 Å². The lowest BCUT2D eigenvalue weighted by Gasteiger charge is -2.17. The Morgan fingerprint density at radius 2 is 1.89 bits per heavy atom. The zero-order valence-electron chi connectivity index (χ0n) is 12.4. The Morgan fingerprint density at radius 1 is 1.17 bits per heavy atom. The molecule has 3 nitrogen and oxygen atoms in total. The van der Waals surface area contributed by atoms with Crippen molar-refractivity contribution in [2.45, 2.75) is 78.2 Å². The molecule has 0 saturated carbocycles. The molecule has 0 saturated heterocycles. The average Bonchev–Trinajstić information content (AvgIpc) is 2.74. The Labute approximate surface area is 116 Å². The van der Waals surface area contributed by atoms with E-state index in [0.29, 0.717) is 6.04 Å². The van der Waals surface area contributed by atoms with E-state index >= 15 is 0 Å². The van der Waals surface area contributed by atoms with E-state index in [1.54, 1.807) is 0 Å². The molecule has 0 amide bonds. The van der Waals surface area contributed by atoms with Crippen LogP contribution in [0.1, 0.15) is 72.5 Å². The highest BCUT2D eigenvalue weighted by Gasteiger charge is 2.20. The summed E-state index contributed by atoms with van der Waals surface area (Å²) in [5.74, 6) is 0.945. The van der Waals surface area contributed by atoms with Gasteiger partial charge < -0.3 is 5.32 Å². The van der Waals surface area contributed by atoms with Gasteiger partial charge in [0, 0.05) is 23.0 Å². The van der Waals surface area contributed by atoms with Crippen LogP contribution in [0.3, 0.4) is 0 Å². The number of nitrogens with one attached hydrogen (secondary N) is 1. The zero-order chi connectivity index (χ0) is 13.6. The van der Waals surface area contributed by atoms with Crippen molar-refractivity contribution in [3.8, 4) is 0 Å². The number of unbranched alkanes of at least 4 members (excludes halogenated alkanes) is 1. The molecule has 0 aromatic carbocycles. The van der Waals surface area contributed by atoms with Gasteiger partial charge in [-0.1, -0.05) is 53.9 Å². The van der Waals surface area contributed by atoms with E-state index in [1.807, 2.05) is 0 Å². The van der Waals surface area contributed by atoms with E-state index in [4.69, 9.17) is 0 Å². The quantitative estimate of drug-likeness (QED) is 0.785. The summed E-state index contributed by atoms with van der Waals surface area (Å²) in [6.07, 6.45) is 6.19. The Bertz CT molecular complexity index is 341. The van der Waals surface area contributed by atoms with Crippen LogP contribution in [0, 0.1) is 0 Å². The van der Waals surface area contributed by atoms with Gasteiger partial charge in [-0.25, -0.2) is 4.98 Å². The average molecular weight is 269 g/mol. The SMILES string of the molecule is CCCCC(CCC)Nc1nc(C(C)(C)C)ns1. The first-order chi connectivity index (χ1) is 8.47. The molecule has 104 valence electrons. The molecule has 0 aliphatic heterocycles. The fourth-order valence-electron chi connectivity index (χ4n) is 1.85. The molecule has 1 atom stereocenters.